The molecule has 0 amide bonds. The maximum absolute atomic E-state index is 3.56. The number of rotatable bonds is 1. The standard InChI is InChI=1S/C14H27N3/c1-12-9-15-5-2-6-17(10-12)14-11-16-7-3-13(14)4-8-16/h12-15H,2-11H2,1H3. The van der Waals surface area contributed by atoms with Gasteiger partial charge in [-0.25, -0.2) is 0 Å². The van der Waals surface area contributed by atoms with E-state index in [1.54, 1.807) is 0 Å². The number of nitrogens with zero attached hydrogens (tertiary/aromatic N) is 2. The van der Waals surface area contributed by atoms with Crippen LogP contribution in [0.4, 0.5) is 0 Å². The third kappa shape index (κ3) is 2.67. The quantitative estimate of drug-likeness (QED) is 0.734. The number of hydrogen-bond acceptors (Lipinski definition) is 3. The molecule has 4 fully saturated rings. The van der Waals surface area contributed by atoms with Gasteiger partial charge >= 0.3 is 0 Å². The fourth-order valence-corrected chi connectivity index (χ4v) is 3.96. The number of hydrogen-bond donors (Lipinski definition) is 1. The van der Waals surface area contributed by atoms with Gasteiger partial charge in [0.2, 0.25) is 0 Å². The Bertz CT molecular complexity index is 248. The molecule has 4 heterocycles. The first-order valence-corrected chi connectivity index (χ1v) is 7.50. The first kappa shape index (κ1) is 11.9. The summed E-state index contributed by atoms with van der Waals surface area (Å²) < 4.78 is 0. The van der Waals surface area contributed by atoms with Gasteiger partial charge in [-0.1, -0.05) is 6.92 Å². The van der Waals surface area contributed by atoms with Crippen LogP contribution in [0.1, 0.15) is 26.2 Å². The first-order valence-electron chi connectivity index (χ1n) is 7.50. The monoisotopic (exact) mass is 237 g/mol. The van der Waals surface area contributed by atoms with E-state index in [0.29, 0.717) is 0 Å². The molecule has 3 nitrogen and oxygen atoms in total. The largest absolute Gasteiger partial charge is 0.316 e. The van der Waals surface area contributed by atoms with Crippen molar-refractivity contribution in [3.63, 3.8) is 0 Å². The molecule has 2 atom stereocenters. The van der Waals surface area contributed by atoms with E-state index in [0.717, 1.165) is 17.9 Å². The fraction of sp³-hybridized carbons (Fsp3) is 1.00. The van der Waals surface area contributed by atoms with Gasteiger partial charge in [-0.2, -0.15) is 0 Å². The molecular weight excluding hydrogens is 210 g/mol. The van der Waals surface area contributed by atoms with Gasteiger partial charge in [0.1, 0.15) is 0 Å². The molecule has 17 heavy (non-hydrogen) atoms. The lowest BCUT2D eigenvalue weighted by Crippen LogP contribution is -2.59. The van der Waals surface area contributed by atoms with E-state index in [2.05, 4.69) is 22.0 Å². The summed E-state index contributed by atoms with van der Waals surface area (Å²) in [4.78, 5) is 5.51. The maximum Gasteiger partial charge on any atom is 0.0252 e. The predicted molar refractivity (Wildman–Crippen MR) is 71.2 cm³/mol. The van der Waals surface area contributed by atoms with Gasteiger partial charge < -0.3 is 10.2 Å². The van der Waals surface area contributed by atoms with E-state index in [1.807, 2.05) is 0 Å². The molecule has 0 aromatic rings. The minimum absolute atomic E-state index is 0.811. The second kappa shape index (κ2) is 5.25. The summed E-state index contributed by atoms with van der Waals surface area (Å²) in [5, 5.41) is 3.56. The molecule has 0 aliphatic carbocycles. The normalized spacial score (nSPS) is 44.3. The smallest absolute Gasteiger partial charge is 0.0252 e. The average Bonchev–Trinajstić information content (AvgIpc) is 2.35. The minimum Gasteiger partial charge on any atom is -0.316 e. The van der Waals surface area contributed by atoms with Gasteiger partial charge in [-0.3, -0.25) is 4.90 Å². The summed E-state index contributed by atoms with van der Waals surface area (Å²) >= 11 is 0. The van der Waals surface area contributed by atoms with Crippen molar-refractivity contribution >= 4 is 0 Å². The van der Waals surface area contributed by atoms with Crippen LogP contribution in [0, 0.1) is 11.8 Å². The molecule has 0 aromatic heterocycles. The zero-order valence-corrected chi connectivity index (χ0v) is 11.2. The summed E-state index contributed by atoms with van der Waals surface area (Å²) in [6, 6.07) is 0.873. The van der Waals surface area contributed by atoms with Crippen LogP contribution in [0.3, 0.4) is 0 Å². The Labute approximate surface area is 106 Å². The number of piperidine rings is 3. The molecule has 3 heteroatoms. The molecule has 4 aliphatic rings. The van der Waals surface area contributed by atoms with Crippen LogP contribution >= 0.6 is 0 Å². The molecule has 0 aromatic carbocycles. The molecule has 4 saturated heterocycles. The molecule has 2 unspecified atom stereocenters. The lowest BCUT2D eigenvalue weighted by atomic mass is 9.82. The van der Waals surface area contributed by atoms with Crippen molar-refractivity contribution in [1.29, 1.82) is 0 Å². The summed E-state index contributed by atoms with van der Waals surface area (Å²) in [5.41, 5.74) is 0. The SMILES string of the molecule is CC1CNCCCN(C2CN3CCC2CC3)C1. The maximum atomic E-state index is 3.56. The zero-order chi connectivity index (χ0) is 11.7. The zero-order valence-electron chi connectivity index (χ0n) is 11.2. The Morgan fingerprint density at radius 1 is 1.06 bits per heavy atom. The highest BCUT2D eigenvalue weighted by Crippen LogP contribution is 2.31. The molecular formula is C14H27N3. The van der Waals surface area contributed by atoms with E-state index in [-0.39, 0.29) is 0 Å². The van der Waals surface area contributed by atoms with E-state index in [9.17, 15) is 0 Å². The molecule has 2 bridgehead atoms. The lowest BCUT2D eigenvalue weighted by Gasteiger charge is -2.50. The Morgan fingerprint density at radius 2 is 1.88 bits per heavy atom. The van der Waals surface area contributed by atoms with E-state index in [1.165, 1.54) is 65.1 Å². The van der Waals surface area contributed by atoms with Crippen LogP contribution in [0.25, 0.3) is 0 Å². The Kier molecular flexibility index (Phi) is 3.69. The fourth-order valence-electron chi connectivity index (χ4n) is 3.96. The van der Waals surface area contributed by atoms with Gasteiger partial charge in [0.25, 0.3) is 0 Å². The van der Waals surface area contributed by atoms with Crippen molar-refractivity contribution in [2.75, 3.05) is 45.8 Å². The summed E-state index contributed by atoms with van der Waals surface area (Å²) in [6.45, 7) is 11.5. The lowest BCUT2D eigenvalue weighted by molar-refractivity contribution is -0.00272. The van der Waals surface area contributed by atoms with E-state index >= 15 is 0 Å². The summed E-state index contributed by atoms with van der Waals surface area (Å²) in [5.74, 6) is 1.81. The van der Waals surface area contributed by atoms with Gasteiger partial charge in [0.15, 0.2) is 0 Å². The van der Waals surface area contributed by atoms with Crippen LogP contribution in [0.15, 0.2) is 0 Å². The van der Waals surface area contributed by atoms with Crippen molar-refractivity contribution in [3.8, 4) is 0 Å². The molecule has 4 rings (SSSR count). The van der Waals surface area contributed by atoms with E-state index < -0.39 is 0 Å². The van der Waals surface area contributed by atoms with Crippen LogP contribution in [-0.4, -0.2) is 61.7 Å². The van der Waals surface area contributed by atoms with Crippen LogP contribution in [0.2, 0.25) is 0 Å². The van der Waals surface area contributed by atoms with Gasteiger partial charge in [-0.05, 0) is 63.8 Å². The molecule has 0 spiro atoms. The van der Waals surface area contributed by atoms with Crippen molar-refractivity contribution in [3.05, 3.63) is 0 Å². The highest BCUT2D eigenvalue weighted by molar-refractivity contribution is 4.93. The topological polar surface area (TPSA) is 18.5 Å². The average molecular weight is 237 g/mol. The van der Waals surface area contributed by atoms with Crippen LogP contribution in [-0.2, 0) is 0 Å². The summed E-state index contributed by atoms with van der Waals surface area (Å²) in [6.07, 6.45) is 4.23. The second-order valence-electron chi connectivity index (χ2n) is 6.36. The number of fused-ring (bicyclic) bond motifs is 3. The second-order valence-corrected chi connectivity index (χ2v) is 6.36. The minimum atomic E-state index is 0.811. The molecule has 98 valence electrons. The highest BCUT2D eigenvalue weighted by atomic mass is 15.3. The predicted octanol–water partition coefficient (Wildman–Crippen LogP) is 1.01. The Morgan fingerprint density at radius 3 is 2.59 bits per heavy atom. The van der Waals surface area contributed by atoms with Crippen molar-refractivity contribution in [2.24, 2.45) is 11.8 Å². The van der Waals surface area contributed by atoms with Crippen molar-refractivity contribution < 1.29 is 0 Å². The molecule has 0 radical (unpaired) electrons. The van der Waals surface area contributed by atoms with Gasteiger partial charge in [0.05, 0.1) is 0 Å². The Hall–Kier alpha value is -0.120. The Balaban J connectivity index is 1.64. The van der Waals surface area contributed by atoms with Crippen molar-refractivity contribution in [2.45, 2.75) is 32.2 Å². The van der Waals surface area contributed by atoms with Crippen LogP contribution < -0.4 is 5.32 Å². The van der Waals surface area contributed by atoms with E-state index in [4.69, 9.17) is 0 Å². The first-order chi connectivity index (χ1) is 8.33. The third-order valence-electron chi connectivity index (χ3n) is 4.93. The molecule has 0 saturated carbocycles. The van der Waals surface area contributed by atoms with Gasteiger partial charge in [0, 0.05) is 19.1 Å². The third-order valence-corrected chi connectivity index (χ3v) is 4.93. The molecule has 4 aliphatic heterocycles. The van der Waals surface area contributed by atoms with Gasteiger partial charge in [-0.15, -0.1) is 0 Å². The van der Waals surface area contributed by atoms with Crippen LogP contribution in [0.5, 0.6) is 0 Å². The highest BCUT2D eigenvalue weighted by Gasteiger charge is 2.37. The molecule has 1 N–H and O–H groups in total. The summed E-state index contributed by atoms with van der Waals surface area (Å²) in [7, 11) is 0. The van der Waals surface area contributed by atoms with Crippen molar-refractivity contribution in [1.82, 2.24) is 15.1 Å². The number of nitrogens with one attached hydrogen (secondary N) is 1.